The normalized spacial score (nSPS) is 20.4. The van der Waals surface area contributed by atoms with Crippen LogP contribution in [0, 0.1) is 23.7 Å². The van der Waals surface area contributed by atoms with Crippen molar-refractivity contribution in [3.05, 3.63) is 58.1 Å². The van der Waals surface area contributed by atoms with Crippen molar-refractivity contribution in [2.24, 2.45) is 5.41 Å². The fourth-order valence-electron chi connectivity index (χ4n) is 5.12. The lowest BCUT2D eigenvalue weighted by atomic mass is 9.76. The molecule has 0 unspecified atom stereocenters. The van der Waals surface area contributed by atoms with E-state index in [1.165, 1.54) is 0 Å². The van der Waals surface area contributed by atoms with Crippen LogP contribution in [0.3, 0.4) is 0 Å². The Bertz CT molecular complexity index is 1020. The number of aromatic carboxylic acids is 1. The molecule has 0 saturated carbocycles. The van der Waals surface area contributed by atoms with Crippen LogP contribution in [0.1, 0.15) is 47.7 Å². The predicted octanol–water partition coefficient (Wildman–Crippen LogP) is 5.10. The minimum atomic E-state index is -0.875. The van der Waals surface area contributed by atoms with E-state index in [9.17, 15) is 9.90 Å². The van der Waals surface area contributed by atoms with E-state index in [-0.39, 0.29) is 5.41 Å². The zero-order chi connectivity index (χ0) is 21.5. The van der Waals surface area contributed by atoms with Crippen molar-refractivity contribution >= 4 is 28.9 Å². The molecule has 30 heavy (non-hydrogen) atoms. The number of hydrogen-bond acceptors (Lipinski definition) is 4. The minimum Gasteiger partial charge on any atom is -0.478 e. The highest BCUT2D eigenvalue weighted by Gasteiger charge is 2.44. The second-order valence-corrected chi connectivity index (χ2v) is 9.16. The highest BCUT2D eigenvalue weighted by molar-refractivity contribution is 6.32. The van der Waals surface area contributed by atoms with E-state index in [0.29, 0.717) is 22.2 Å². The van der Waals surface area contributed by atoms with Crippen molar-refractivity contribution in [3.8, 4) is 6.07 Å². The molecule has 2 saturated heterocycles. The summed E-state index contributed by atoms with van der Waals surface area (Å²) in [6.07, 6.45) is 3.37. The molecule has 1 spiro atoms. The van der Waals surface area contributed by atoms with Gasteiger partial charge < -0.3 is 14.9 Å². The molecule has 2 heterocycles. The summed E-state index contributed by atoms with van der Waals surface area (Å²) in [6.45, 7) is 7.07. The number of hydrogen-bond donors (Lipinski definition) is 1. The summed E-state index contributed by atoms with van der Waals surface area (Å²) in [4.78, 5) is 16.1. The molecule has 2 fully saturated rings. The Morgan fingerprint density at radius 1 is 1.20 bits per heavy atom. The lowest BCUT2D eigenvalue weighted by molar-refractivity contribution is 0.0696. The Balaban J connectivity index is 1.46. The van der Waals surface area contributed by atoms with Gasteiger partial charge in [-0.15, -0.1) is 0 Å². The first-order chi connectivity index (χ1) is 14.3. The number of rotatable bonds is 3. The maximum atomic E-state index is 11.3. The van der Waals surface area contributed by atoms with Crippen molar-refractivity contribution < 1.29 is 9.90 Å². The van der Waals surface area contributed by atoms with Gasteiger partial charge in [-0.2, -0.15) is 5.26 Å². The van der Waals surface area contributed by atoms with Gasteiger partial charge in [-0.1, -0.05) is 11.6 Å². The molecule has 6 heteroatoms. The molecule has 4 rings (SSSR count). The van der Waals surface area contributed by atoms with Gasteiger partial charge in [0.25, 0.3) is 0 Å². The summed E-state index contributed by atoms with van der Waals surface area (Å²) < 4.78 is 0. The number of carboxylic acids is 1. The molecule has 1 N–H and O–H groups in total. The quantitative estimate of drug-likeness (QED) is 0.743. The van der Waals surface area contributed by atoms with Gasteiger partial charge in [-0.05, 0) is 80.5 Å². The van der Waals surface area contributed by atoms with Gasteiger partial charge in [0.05, 0.1) is 16.1 Å². The summed E-state index contributed by atoms with van der Waals surface area (Å²) in [6, 6.07) is 13.9. The highest BCUT2D eigenvalue weighted by Crippen LogP contribution is 2.46. The van der Waals surface area contributed by atoms with Crippen LogP contribution in [0.2, 0.25) is 5.02 Å². The number of anilines is 2. The van der Waals surface area contributed by atoms with Crippen LogP contribution in [-0.2, 0) is 0 Å². The van der Waals surface area contributed by atoms with Crippen molar-refractivity contribution in [3.63, 3.8) is 0 Å². The van der Waals surface area contributed by atoms with Crippen molar-refractivity contribution in [1.29, 1.82) is 5.26 Å². The van der Waals surface area contributed by atoms with Crippen LogP contribution in [0.4, 0.5) is 11.4 Å². The average molecular weight is 424 g/mol. The number of halogens is 1. The summed E-state index contributed by atoms with van der Waals surface area (Å²) in [7, 11) is 0. The summed E-state index contributed by atoms with van der Waals surface area (Å²) in [5, 5.41) is 18.9. The Morgan fingerprint density at radius 3 is 2.50 bits per heavy atom. The molecular formula is C24H26ClN3O2. The second-order valence-electron chi connectivity index (χ2n) is 8.75. The first-order valence-corrected chi connectivity index (χ1v) is 10.7. The summed E-state index contributed by atoms with van der Waals surface area (Å²) in [5.74, 6) is -0.875. The lowest BCUT2D eigenvalue weighted by Crippen LogP contribution is -2.41. The predicted molar refractivity (Wildman–Crippen MR) is 120 cm³/mol. The van der Waals surface area contributed by atoms with Gasteiger partial charge in [0, 0.05) is 37.1 Å². The van der Waals surface area contributed by atoms with Crippen molar-refractivity contribution in [2.75, 3.05) is 29.4 Å². The van der Waals surface area contributed by atoms with Crippen LogP contribution >= 0.6 is 11.6 Å². The fourth-order valence-corrected chi connectivity index (χ4v) is 5.34. The molecule has 0 aromatic heterocycles. The molecule has 2 aliphatic heterocycles. The highest BCUT2D eigenvalue weighted by atomic mass is 35.5. The fraction of sp³-hybridized carbons (Fsp3) is 0.417. The number of nitriles is 1. The largest absolute Gasteiger partial charge is 0.478 e. The molecule has 0 radical (unpaired) electrons. The van der Waals surface area contributed by atoms with Crippen molar-refractivity contribution in [2.45, 2.75) is 39.2 Å². The van der Waals surface area contributed by atoms with E-state index >= 15 is 0 Å². The molecule has 0 amide bonds. The molecule has 0 bridgehead atoms. The van der Waals surface area contributed by atoms with E-state index in [2.05, 4.69) is 22.8 Å². The maximum Gasteiger partial charge on any atom is 0.335 e. The van der Waals surface area contributed by atoms with Gasteiger partial charge in [0.2, 0.25) is 0 Å². The van der Waals surface area contributed by atoms with Crippen LogP contribution < -0.4 is 9.80 Å². The zero-order valence-corrected chi connectivity index (χ0v) is 18.1. The average Bonchev–Trinajstić information content (AvgIpc) is 3.03. The number of carboxylic acid groups (broad SMARTS) is 1. The van der Waals surface area contributed by atoms with Crippen LogP contribution in [0.25, 0.3) is 0 Å². The van der Waals surface area contributed by atoms with Gasteiger partial charge in [-0.3, -0.25) is 0 Å². The Hall–Kier alpha value is -2.71. The van der Waals surface area contributed by atoms with E-state index in [0.717, 1.165) is 55.8 Å². The van der Waals surface area contributed by atoms with E-state index in [4.69, 9.17) is 16.9 Å². The first-order valence-electron chi connectivity index (χ1n) is 10.4. The number of aryl methyl sites for hydroxylation is 1. The van der Waals surface area contributed by atoms with Gasteiger partial charge >= 0.3 is 5.97 Å². The SMILES string of the molecule is Cc1cc(N2CCC3(CC2)C[C@H](C)N(c2ccc(C#N)c(Cl)c2)C3)ccc1C(=O)O. The standard InChI is InChI=1S/C24H26ClN3O2/c1-16-11-19(5-6-21(16)23(29)30)27-9-7-24(8-10-27)13-17(2)28(15-24)20-4-3-18(14-26)22(25)12-20/h3-6,11-12,17H,7-10,13,15H2,1-2H3,(H,29,30)/t17-/m0/s1. The first kappa shape index (κ1) is 20.6. The van der Waals surface area contributed by atoms with E-state index in [1.54, 1.807) is 12.1 Å². The Labute approximate surface area is 182 Å². The molecule has 2 aromatic rings. The minimum absolute atomic E-state index is 0.284. The Morgan fingerprint density at radius 2 is 1.90 bits per heavy atom. The molecule has 2 aromatic carbocycles. The molecule has 2 aliphatic rings. The number of carbonyl (C=O) groups is 1. The monoisotopic (exact) mass is 423 g/mol. The number of piperidine rings is 1. The second kappa shape index (κ2) is 7.85. The van der Waals surface area contributed by atoms with Crippen molar-refractivity contribution in [1.82, 2.24) is 0 Å². The van der Waals surface area contributed by atoms with Crippen LogP contribution in [0.5, 0.6) is 0 Å². The number of benzene rings is 2. The smallest absolute Gasteiger partial charge is 0.335 e. The van der Waals surface area contributed by atoms with Gasteiger partial charge in [0.15, 0.2) is 0 Å². The molecule has 5 nitrogen and oxygen atoms in total. The molecule has 1 atom stereocenters. The molecule has 156 valence electrons. The van der Waals surface area contributed by atoms with Crippen LogP contribution in [-0.4, -0.2) is 36.8 Å². The molecular weight excluding hydrogens is 398 g/mol. The van der Waals surface area contributed by atoms with E-state index < -0.39 is 5.97 Å². The molecule has 0 aliphatic carbocycles. The van der Waals surface area contributed by atoms with Crippen LogP contribution in [0.15, 0.2) is 36.4 Å². The van der Waals surface area contributed by atoms with E-state index in [1.807, 2.05) is 31.2 Å². The Kier molecular flexibility index (Phi) is 5.38. The zero-order valence-electron chi connectivity index (χ0n) is 17.4. The third kappa shape index (κ3) is 3.73. The third-order valence-corrected chi connectivity index (χ3v) is 7.11. The summed E-state index contributed by atoms with van der Waals surface area (Å²) in [5.41, 5.74) is 4.17. The maximum absolute atomic E-state index is 11.3. The third-order valence-electron chi connectivity index (χ3n) is 6.80. The lowest BCUT2D eigenvalue weighted by Gasteiger charge is -2.40. The number of nitrogens with zero attached hydrogens (tertiary/aromatic N) is 3. The van der Waals surface area contributed by atoms with Gasteiger partial charge in [-0.25, -0.2) is 4.79 Å². The summed E-state index contributed by atoms with van der Waals surface area (Å²) >= 11 is 6.27. The topological polar surface area (TPSA) is 67.6 Å². The van der Waals surface area contributed by atoms with Gasteiger partial charge in [0.1, 0.15) is 6.07 Å².